The number of amides is 2. The summed E-state index contributed by atoms with van der Waals surface area (Å²) in [5.41, 5.74) is 1.75. The maximum atomic E-state index is 12.8. The van der Waals surface area contributed by atoms with Gasteiger partial charge in [-0.25, -0.2) is 4.79 Å². The van der Waals surface area contributed by atoms with E-state index >= 15 is 0 Å². The topological polar surface area (TPSA) is 72.9 Å². The highest BCUT2D eigenvalue weighted by Gasteiger charge is 2.35. The van der Waals surface area contributed by atoms with E-state index in [1.165, 1.54) is 12.0 Å². The Morgan fingerprint density at radius 3 is 2.59 bits per heavy atom. The number of ether oxygens (including phenoxy) is 2. The molecule has 9 heteroatoms. The first kappa shape index (κ1) is 24.1. The number of hydrogen-bond donors (Lipinski definition) is 0. The molecule has 0 bridgehead atoms. The molecular weight excluding hydrogens is 542 g/mol. The number of benzene rings is 3. The van der Waals surface area contributed by atoms with Crippen LogP contribution in [0.4, 0.5) is 4.79 Å². The molecule has 34 heavy (non-hydrogen) atoms. The van der Waals surface area contributed by atoms with Crippen LogP contribution in [0.2, 0.25) is 5.02 Å². The number of imide groups is 1. The summed E-state index contributed by atoms with van der Waals surface area (Å²) in [5.74, 6) is -0.388. The van der Waals surface area contributed by atoms with Gasteiger partial charge in [-0.05, 0) is 81.3 Å². The van der Waals surface area contributed by atoms with Crippen LogP contribution in [-0.4, -0.2) is 29.1 Å². The van der Waals surface area contributed by atoms with Crippen LogP contribution in [-0.2, 0) is 11.3 Å². The number of carbonyl (C=O) groups is 3. The standard InChI is InChI=1S/C25H17BrClNO5S/c1-32-21-12-15(9-10-20(21)33-24(30)18-7-2-3-8-19(18)26)13-22-23(29)28(25(31)34-22)14-16-5-4-6-17(27)11-16/h2-13H,14H2,1H3/b22-13-. The van der Waals surface area contributed by atoms with E-state index in [1.807, 2.05) is 0 Å². The van der Waals surface area contributed by atoms with Crippen LogP contribution in [0, 0.1) is 0 Å². The third-order valence-electron chi connectivity index (χ3n) is 4.89. The fourth-order valence-electron chi connectivity index (χ4n) is 3.25. The number of esters is 1. The van der Waals surface area contributed by atoms with Gasteiger partial charge in [-0.3, -0.25) is 14.5 Å². The van der Waals surface area contributed by atoms with E-state index in [0.717, 1.165) is 17.3 Å². The van der Waals surface area contributed by atoms with E-state index in [2.05, 4.69) is 15.9 Å². The molecule has 0 aromatic heterocycles. The fourth-order valence-corrected chi connectivity index (χ4v) is 4.74. The minimum absolute atomic E-state index is 0.135. The lowest BCUT2D eigenvalue weighted by molar-refractivity contribution is -0.123. The highest BCUT2D eigenvalue weighted by molar-refractivity contribution is 9.10. The Bertz CT molecular complexity index is 1330. The van der Waals surface area contributed by atoms with Crippen molar-refractivity contribution in [3.8, 4) is 11.5 Å². The lowest BCUT2D eigenvalue weighted by atomic mass is 10.1. The summed E-state index contributed by atoms with van der Waals surface area (Å²) >= 11 is 10.2. The molecule has 1 saturated heterocycles. The average molecular weight is 559 g/mol. The summed E-state index contributed by atoms with van der Waals surface area (Å²) in [7, 11) is 1.45. The van der Waals surface area contributed by atoms with E-state index in [1.54, 1.807) is 72.8 Å². The van der Waals surface area contributed by atoms with Crippen LogP contribution in [0.15, 0.2) is 76.1 Å². The van der Waals surface area contributed by atoms with Crippen LogP contribution in [0.3, 0.4) is 0 Å². The molecule has 1 heterocycles. The Morgan fingerprint density at radius 1 is 1.06 bits per heavy atom. The van der Waals surface area contributed by atoms with Crippen molar-refractivity contribution < 1.29 is 23.9 Å². The minimum atomic E-state index is -0.541. The molecule has 3 aromatic rings. The van der Waals surface area contributed by atoms with Gasteiger partial charge in [0.1, 0.15) is 0 Å². The molecular formula is C25H17BrClNO5S. The summed E-state index contributed by atoms with van der Waals surface area (Å²) < 4.78 is 11.5. The van der Waals surface area contributed by atoms with Crippen LogP contribution in [0.1, 0.15) is 21.5 Å². The molecule has 4 rings (SSSR count). The van der Waals surface area contributed by atoms with Crippen molar-refractivity contribution in [3.63, 3.8) is 0 Å². The SMILES string of the molecule is COc1cc(/C=C2\SC(=O)N(Cc3cccc(Cl)c3)C2=O)ccc1OC(=O)c1ccccc1Br. The fraction of sp³-hybridized carbons (Fsp3) is 0.0800. The van der Waals surface area contributed by atoms with Gasteiger partial charge < -0.3 is 9.47 Å². The molecule has 1 aliphatic rings. The number of halogens is 2. The first-order valence-electron chi connectivity index (χ1n) is 10.0. The zero-order valence-corrected chi connectivity index (χ0v) is 20.9. The maximum absolute atomic E-state index is 12.8. The second-order valence-electron chi connectivity index (χ2n) is 7.18. The summed E-state index contributed by atoms with van der Waals surface area (Å²) in [6.45, 7) is 0.135. The number of rotatable bonds is 6. The van der Waals surface area contributed by atoms with Gasteiger partial charge >= 0.3 is 5.97 Å². The van der Waals surface area contributed by atoms with E-state index in [-0.39, 0.29) is 22.4 Å². The lowest BCUT2D eigenvalue weighted by Crippen LogP contribution is -2.27. The smallest absolute Gasteiger partial charge is 0.344 e. The zero-order valence-electron chi connectivity index (χ0n) is 17.8. The second kappa shape index (κ2) is 10.5. The first-order valence-corrected chi connectivity index (χ1v) is 12.0. The van der Waals surface area contributed by atoms with Gasteiger partial charge in [0.05, 0.1) is 24.1 Å². The van der Waals surface area contributed by atoms with E-state index in [0.29, 0.717) is 26.4 Å². The number of hydrogen-bond acceptors (Lipinski definition) is 6. The summed E-state index contributed by atoms with van der Waals surface area (Å²) in [6.07, 6.45) is 1.60. The van der Waals surface area contributed by atoms with Gasteiger partial charge in [0, 0.05) is 9.50 Å². The molecule has 0 unspecified atom stereocenters. The van der Waals surface area contributed by atoms with Gasteiger partial charge in [0.25, 0.3) is 11.1 Å². The van der Waals surface area contributed by atoms with Crippen LogP contribution in [0.25, 0.3) is 6.08 Å². The average Bonchev–Trinajstić information content (AvgIpc) is 3.07. The lowest BCUT2D eigenvalue weighted by Gasteiger charge is -2.12. The molecule has 0 spiro atoms. The van der Waals surface area contributed by atoms with E-state index in [4.69, 9.17) is 21.1 Å². The second-order valence-corrected chi connectivity index (χ2v) is 9.46. The van der Waals surface area contributed by atoms with Crippen molar-refractivity contribution in [2.45, 2.75) is 6.54 Å². The predicted octanol–water partition coefficient (Wildman–Crippen LogP) is 6.57. The highest BCUT2D eigenvalue weighted by atomic mass is 79.9. The molecule has 2 amide bonds. The monoisotopic (exact) mass is 557 g/mol. The Kier molecular flexibility index (Phi) is 7.41. The van der Waals surface area contributed by atoms with Gasteiger partial charge in [0.2, 0.25) is 0 Å². The van der Waals surface area contributed by atoms with Crippen molar-refractivity contribution in [2.75, 3.05) is 7.11 Å². The van der Waals surface area contributed by atoms with Gasteiger partial charge in [-0.1, -0.05) is 41.9 Å². The third-order valence-corrected chi connectivity index (χ3v) is 6.72. The molecule has 1 aliphatic heterocycles. The Balaban J connectivity index is 1.53. The van der Waals surface area contributed by atoms with Crippen LogP contribution in [0.5, 0.6) is 11.5 Å². The largest absolute Gasteiger partial charge is 0.493 e. The van der Waals surface area contributed by atoms with Crippen molar-refractivity contribution in [2.24, 2.45) is 0 Å². The molecule has 3 aromatic carbocycles. The Morgan fingerprint density at radius 2 is 1.85 bits per heavy atom. The molecule has 0 aliphatic carbocycles. The number of methoxy groups -OCH3 is 1. The van der Waals surface area contributed by atoms with Crippen molar-refractivity contribution >= 4 is 62.5 Å². The van der Waals surface area contributed by atoms with Gasteiger partial charge in [-0.15, -0.1) is 0 Å². The molecule has 172 valence electrons. The normalized spacial score (nSPS) is 14.6. The zero-order chi connectivity index (χ0) is 24.2. The summed E-state index contributed by atoms with van der Waals surface area (Å²) in [4.78, 5) is 39.3. The Labute approximate surface area is 213 Å². The molecule has 0 atom stereocenters. The molecule has 1 fully saturated rings. The van der Waals surface area contributed by atoms with E-state index in [9.17, 15) is 14.4 Å². The quantitative estimate of drug-likeness (QED) is 0.194. The summed E-state index contributed by atoms with van der Waals surface area (Å²) in [5, 5.41) is 0.176. The van der Waals surface area contributed by atoms with E-state index < -0.39 is 11.9 Å². The van der Waals surface area contributed by atoms with Gasteiger partial charge in [-0.2, -0.15) is 0 Å². The van der Waals surface area contributed by atoms with Crippen molar-refractivity contribution in [3.05, 3.63) is 97.8 Å². The summed E-state index contributed by atoms with van der Waals surface area (Å²) in [6, 6.07) is 18.8. The molecule has 0 N–H and O–H groups in total. The van der Waals surface area contributed by atoms with Crippen LogP contribution >= 0.6 is 39.3 Å². The van der Waals surface area contributed by atoms with Crippen LogP contribution < -0.4 is 9.47 Å². The Hall–Kier alpha value is -3.07. The maximum Gasteiger partial charge on any atom is 0.344 e. The molecule has 0 saturated carbocycles. The predicted molar refractivity (Wildman–Crippen MR) is 135 cm³/mol. The number of nitrogens with zero attached hydrogens (tertiary/aromatic N) is 1. The van der Waals surface area contributed by atoms with Crippen molar-refractivity contribution in [1.82, 2.24) is 4.90 Å². The third kappa shape index (κ3) is 5.35. The van der Waals surface area contributed by atoms with Gasteiger partial charge in [0.15, 0.2) is 11.5 Å². The first-order chi connectivity index (χ1) is 16.4. The molecule has 0 radical (unpaired) electrons. The number of thioether (sulfide) groups is 1. The molecule has 6 nitrogen and oxygen atoms in total. The minimum Gasteiger partial charge on any atom is -0.493 e. The highest BCUT2D eigenvalue weighted by Crippen LogP contribution is 2.35. The number of carbonyl (C=O) groups excluding carboxylic acids is 3. The van der Waals surface area contributed by atoms with Crippen molar-refractivity contribution in [1.29, 1.82) is 0 Å².